The van der Waals surface area contributed by atoms with Crippen LogP contribution in [0.25, 0.3) is 0 Å². The molecule has 0 aliphatic heterocycles. The van der Waals surface area contributed by atoms with Crippen LogP contribution in [-0.2, 0) is 11.2 Å². The van der Waals surface area contributed by atoms with Crippen molar-refractivity contribution in [3.8, 4) is 11.5 Å². The summed E-state index contributed by atoms with van der Waals surface area (Å²) in [5, 5.41) is 2.82. The minimum Gasteiger partial charge on any atom is -0.497 e. The van der Waals surface area contributed by atoms with Gasteiger partial charge >= 0.3 is 0 Å². The highest BCUT2D eigenvalue weighted by atomic mass is 16.5. The first kappa shape index (κ1) is 14.7. The number of hydrogen-bond acceptors (Lipinski definition) is 4. The number of nitrogens with one attached hydrogen (secondary N) is 1. The quantitative estimate of drug-likeness (QED) is 0.828. The van der Waals surface area contributed by atoms with Crippen LogP contribution in [0.5, 0.6) is 11.5 Å². The topological polar surface area (TPSA) is 73.6 Å². The maximum atomic E-state index is 12.0. The molecule has 0 bridgehead atoms. The zero-order valence-electron chi connectivity index (χ0n) is 12.1. The number of nitrogen functional groups attached to an aromatic ring is 1. The lowest BCUT2D eigenvalue weighted by Gasteiger charge is -2.10. The molecule has 0 spiro atoms. The van der Waals surface area contributed by atoms with Crippen LogP contribution in [0, 0.1) is 0 Å². The normalized spacial score (nSPS) is 10.0. The first-order valence-electron chi connectivity index (χ1n) is 6.48. The van der Waals surface area contributed by atoms with Crippen molar-refractivity contribution in [2.75, 3.05) is 25.3 Å². The molecule has 0 unspecified atom stereocenters. The fourth-order valence-corrected chi connectivity index (χ4v) is 1.91. The van der Waals surface area contributed by atoms with Crippen molar-refractivity contribution in [2.24, 2.45) is 0 Å². The molecular formula is C16H18N2O3. The first-order chi connectivity index (χ1) is 10.1. The van der Waals surface area contributed by atoms with Gasteiger partial charge in [0, 0.05) is 29.6 Å². The number of methoxy groups -OCH3 is 2. The van der Waals surface area contributed by atoms with E-state index < -0.39 is 0 Å². The Morgan fingerprint density at radius 1 is 1.05 bits per heavy atom. The van der Waals surface area contributed by atoms with Gasteiger partial charge in [-0.2, -0.15) is 0 Å². The van der Waals surface area contributed by atoms with Gasteiger partial charge in [-0.05, 0) is 17.7 Å². The first-order valence-corrected chi connectivity index (χ1v) is 6.48. The van der Waals surface area contributed by atoms with E-state index in [9.17, 15) is 4.79 Å². The zero-order chi connectivity index (χ0) is 15.2. The van der Waals surface area contributed by atoms with E-state index in [2.05, 4.69) is 5.32 Å². The molecule has 2 aromatic rings. The van der Waals surface area contributed by atoms with E-state index >= 15 is 0 Å². The third kappa shape index (κ3) is 4.14. The second-order valence-corrected chi connectivity index (χ2v) is 4.57. The fourth-order valence-electron chi connectivity index (χ4n) is 1.91. The molecule has 0 aliphatic rings. The van der Waals surface area contributed by atoms with Crippen molar-refractivity contribution >= 4 is 17.3 Å². The van der Waals surface area contributed by atoms with Gasteiger partial charge in [0.2, 0.25) is 5.91 Å². The smallest absolute Gasteiger partial charge is 0.228 e. The molecule has 0 saturated heterocycles. The van der Waals surface area contributed by atoms with E-state index in [1.165, 1.54) is 0 Å². The third-order valence-corrected chi connectivity index (χ3v) is 2.98. The second-order valence-electron chi connectivity index (χ2n) is 4.57. The third-order valence-electron chi connectivity index (χ3n) is 2.98. The van der Waals surface area contributed by atoms with Crippen LogP contribution in [0.4, 0.5) is 11.4 Å². The summed E-state index contributed by atoms with van der Waals surface area (Å²) in [6.07, 6.45) is 0.278. The summed E-state index contributed by atoms with van der Waals surface area (Å²) >= 11 is 0. The second kappa shape index (κ2) is 6.65. The average molecular weight is 286 g/mol. The molecule has 5 heteroatoms. The Kier molecular flexibility index (Phi) is 4.66. The Balaban J connectivity index is 2.06. The van der Waals surface area contributed by atoms with Crippen LogP contribution in [0.1, 0.15) is 5.56 Å². The van der Waals surface area contributed by atoms with Gasteiger partial charge in [-0.15, -0.1) is 0 Å². The number of anilines is 2. The number of amides is 1. The van der Waals surface area contributed by atoms with Gasteiger partial charge in [0.1, 0.15) is 11.5 Å². The van der Waals surface area contributed by atoms with E-state index in [1.54, 1.807) is 44.6 Å². The van der Waals surface area contributed by atoms with Gasteiger partial charge in [-0.3, -0.25) is 4.79 Å². The van der Waals surface area contributed by atoms with E-state index in [4.69, 9.17) is 15.2 Å². The lowest BCUT2D eigenvalue weighted by atomic mass is 10.1. The maximum Gasteiger partial charge on any atom is 0.228 e. The zero-order valence-corrected chi connectivity index (χ0v) is 12.1. The average Bonchev–Trinajstić information content (AvgIpc) is 2.49. The molecule has 0 fully saturated rings. The summed E-state index contributed by atoms with van der Waals surface area (Å²) in [7, 11) is 3.13. The summed E-state index contributed by atoms with van der Waals surface area (Å²) in [4.78, 5) is 12.0. The molecule has 0 radical (unpaired) electrons. The van der Waals surface area contributed by atoms with Crippen molar-refractivity contribution < 1.29 is 14.3 Å². The number of rotatable bonds is 5. The monoisotopic (exact) mass is 286 g/mol. The van der Waals surface area contributed by atoms with Crippen molar-refractivity contribution in [1.82, 2.24) is 0 Å². The molecule has 0 saturated carbocycles. The summed E-state index contributed by atoms with van der Waals surface area (Å²) in [6, 6.07) is 12.4. The molecule has 2 rings (SSSR count). The highest BCUT2D eigenvalue weighted by molar-refractivity contribution is 5.92. The number of carbonyl (C=O) groups excluding carboxylic acids is 1. The predicted octanol–water partition coefficient (Wildman–Crippen LogP) is 2.47. The van der Waals surface area contributed by atoms with Gasteiger partial charge in [-0.1, -0.05) is 12.1 Å². The highest BCUT2D eigenvalue weighted by Gasteiger charge is 2.07. The van der Waals surface area contributed by atoms with Crippen LogP contribution < -0.4 is 20.5 Å². The Labute approximate surface area is 123 Å². The largest absolute Gasteiger partial charge is 0.497 e. The minimum absolute atomic E-state index is 0.116. The van der Waals surface area contributed by atoms with Crippen molar-refractivity contribution in [2.45, 2.75) is 6.42 Å². The van der Waals surface area contributed by atoms with Crippen molar-refractivity contribution in [3.63, 3.8) is 0 Å². The molecule has 1 amide bonds. The Morgan fingerprint density at radius 2 is 1.62 bits per heavy atom. The molecule has 0 aromatic heterocycles. The van der Waals surface area contributed by atoms with Gasteiger partial charge < -0.3 is 20.5 Å². The van der Waals surface area contributed by atoms with Crippen LogP contribution in [0.2, 0.25) is 0 Å². The molecule has 110 valence electrons. The lowest BCUT2D eigenvalue weighted by molar-refractivity contribution is -0.115. The molecule has 0 atom stereocenters. The fraction of sp³-hybridized carbons (Fsp3) is 0.188. The van der Waals surface area contributed by atoms with E-state index in [1.807, 2.05) is 12.1 Å². The maximum absolute atomic E-state index is 12.0. The molecule has 3 N–H and O–H groups in total. The molecule has 0 aliphatic carbocycles. The Hall–Kier alpha value is -2.69. The van der Waals surface area contributed by atoms with E-state index in [0.717, 1.165) is 5.56 Å². The molecule has 0 heterocycles. The van der Waals surface area contributed by atoms with Gasteiger partial charge in [0.25, 0.3) is 0 Å². The highest BCUT2D eigenvalue weighted by Crippen LogP contribution is 2.25. The number of carbonyl (C=O) groups is 1. The predicted molar refractivity (Wildman–Crippen MR) is 82.7 cm³/mol. The van der Waals surface area contributed by atoms with Crippen LogP contribution in [0.3, 0.4) is 0 Å². The van der Waals surface area contributed by atoms with Gasteiger partial charge in [0.05, 0.1) is 20.6 Å². The van der Waals surface area contributed by atoms with Crippen LogP contribution in [0.15, 0.2) is 42.5 Å². The van der Waals surface area contributed by atoms with Crippen molar-refractivity contribution in [3.05, 3.63) is 48.0 Å². The number of hydrogen-bond donors (Lipinski definition) is 2. The number of ether oxygens (including phenoxy) is 2. The number of nitrogens with two attached hydrogens (primary N) is 1. The summed E-state index contributed by atoms with van der Waals surface area (Å²) < 4.78 is 10.3. The van der Waals surface area contributed by atoms with E-state index in [0.29, 0.717) is 22.9 Å². The SMILES string of the molecule is COc1cc(NC(=O)Cc2ccc(N)cc2)cc(OC)c1. The Bertz CT molecular complexity index is 602. The van der Waals surface area contributed by atoms with Crippen molar-refractivity contribution in [1.29, 1.82) is 0 Å². The summed E-state index contributed by atoms with van der Waals surface area (Å²) in [5.41, 5.74) is 7.82. The van der Waals surface area contributed by atoms with Crippen LogP contribution >= 0.6 is 0 Å². The molecule has 5 nitrogen and oxygen atoms in total. The Morgan fingerprint density at radius 3 is 2.14 bits per heavy atom. The van der Waals surface area contributed by atoms with E-state index in [-0.39, 0.29) is 12.3 Å². The summed E-state index contributed by atoms with van der Waals surface area (Å²) in [6.45, 7) is 0. The lowest BCUT2D eigenvalue weighted by Crippen LogP contribution is -2.14. The molecule has 2 aromatic carbocycles. The van der Waals surface area contributed by atoms with Gasteiger partial charge in [-0.25, -0.2) is 0 Å². The minimum atomic E-state index is -0.116. The molecular weight excluding hydrogens is 268 g/mol. The number of benzene rings is 2. The van der Waals surface area contributed by atoms with Crippen LogP contribution in [-0.4, -0.2) is 20.1 Å². The summed E-state index contributed by atoms with van der Waals surface area (Å²) in [5.74, 6) is 1.13. The molecule has 21 heavy (non-hydrogen) atoms. The standard InChI is InChI=1S/C16H18N2O3/c1-20-14-8-13(9-15(10-14)21-2)18-16(19)7-11-3-5-12(17)6-4-11/h3-6,8-10H,7,17H2,1-2H3,(H,18,19). The van der Waals surface area contributed by atoms with Gasteiger partial charge in [0.15, 0.2) is 0 Å².